The molecular formula is C21H24N4O. The number of hydrogen-bond acceptors (Lipinski definition) is 3. The molecule has 1 aromatic heterocycles. The van der Waals surface area contributed by atoms with Gasteiger partial charge in [0.2, 0.25) is 5.82 Å². The number of rotatable bonds is 6. The maximum atomic E-state index is 12.6. The fourth-order valence-corrected chi connectivity index (χ4v) is 2.67. The lowest BCUT2D eigenvalue weighted by Gasteiger charge is -2.19. The summed E-state index contributed by atoms with van der Waals surface area (Å²) in [5.74, 6) is 0.879. The Morgan fingerprint density at radius 2 is 1.62 bits per heavy atom. The number of para-hydroxylation sites is 1. The molecule has 0 radical (unpaired) electrons. The predicted octanol–water partition coefficient (Wildman–Crippen LogP) is 3.53. The zero-order valence-corrected chi connectivity index (χ0v) is 15.5. The molecule has 0 N–H and O–H groups in total. The van der Waals surface area contributed by atoms with E-state index in [0.717, 1.165) is 17.9 Å². The molecule has 1 amide bonds. The number of aromatic nitrogens is 3. The third kappa shape index (κ3) is 3.99. The number of amides is 1. The summed E-state index contributed by atoms with van der Waals surface area (Å²) in [7, 11) is 1.78. The van der Waals surface area contributed by atoms with Gasteiger partial charge in [-0.3, -0.25) is 4.79 Å². The molecule has 0 aliphatic carbocycles. The summed E-state index contributed by atoms with van der Waals surface area (Å²) in [4.78, 5) is 18.9. The van der Waals surface area contributed by atoms with E-state index >= 15 is 0 Å². The fourth-order valence-electron chi connectivity index (χ4n) is 2.67. The van der Waals surface area contributed by atoms with Crippen LogP contribution in [0.2, 0.25) is 0 Å². The Hall–Kier alpha value is -2.95. The van der Waals surface area contributed by atoms with Crippen LogP contribution in [0.5, 0.6) is 0 Å². The molecule has 0 unspecified atom stereocenters. The standard InChI is InChI=1S/C21H24N4O/c1-16(2)24(3)21(26)20-22-19(15-14-17-10-6-4-7-11-17)25(23-20)18-12-8-5-9-13-18/h4-13,16H,14-15H2,1-3H3. The monoisotopic (exact) mass is 348 g/mol. The van der Waals surface area contributed by atoms with E-state index in [2.05, 4.69) is 22.2 Å². The summed E-state index contributed by atoms with van der Waals surface area (Å²) in [6.45, 7) is 3.95. The van der Waals surface area contributed by atoms with Crippen molar-refractivity contribution >= 4 is 5.91 Å². The van der Waals surface area contributed by atoms with Crippen LogP contribution in [-0.4, -0.2) is 38.7 Å². The van der Waals surface area contributed by atoms with Gasteiger partial charge < -0.3 is 4.90 Å². The van der Waals surface area contributed by atoms with Crippen molar-refractivity contribution in [2.75, 3.05) is 7.05 Å². The van der Waals surface area contributed by atoms with Gasteiger partial charge in [0, 0.05) is 19.5 Å². The first-order chi connectivity index (χ1) is 12.6. The summed E-state index contributed by atoms with van der Waals surface area (Å²) in [5.41, 5.74) is 2.15. The van der Waals surface area contributed by atoms with Crippen molar-refractivity contribution in [3.05, 3.63) is 77.9 Å². The molecule has 26 heavy (non-hydrogen) atoms. The van der Waals surface area contributed by atoms with Crippen LogP contribution < -0.4 is 0 Å². The van der Waals surface area contributed by atoms with Crippen LogP contribution in [0, 0.1) is 0 Å². The zero-order chi connectivity index (χ0) is 18.5. The highest BCUT2D eigenvalue weighted by molar-refractivity contribution is 5.90. The highest BCUT2D eigenvalue weighted by atomic mass is 16.2. The second kappa shape index (κ2) is 7.95. The molecule has 2 aromatic carbocycles. The maximum Gasteiger partial charge on any atom is 0.293 e. The van der Waals surface area contributed by atoms with Gasteiger partial charge in [0.25, 0.3) is 5.91 Å². The van der Waals surface area contributed by atoms with Crippen molar-refractivity contribution in [1.29, 1.82) is 0 Å². The van der Waals surface area contributed by atoms with E-state index in [-0.39, 0.29) is 17.8 Å². The molecule has 1 heterocycles. The van der Waals surface area contributed by atoms with E-state index in [1.165, 1.54) is 5.56 Å². The first kappa shape index (κ1) is 17.9. The lowest BCUT2D eigenvalue weighted by molar-refractivity contribution is 0.0742. The molecule has 0 saturated heterocycles. The van der Waals surface area contributed by atoms with Crippen molar-refractivity contribution in [1.82, 2.24) is 19.7 Å². The smallest absolute Gasteiger partial charge is 0.293 e. The first-order valence-electron chi connectivity index (χ1n) is 8.88. The molecule has 0 fully saturated rings. The molecule has 3 aromatic rings. The van der Waals surface area contributed by atoms with E-state index in [4.69, 9.17) is 0 Å². The topological polar surface area (TPSA) is 51.0 Å². The Morgan fingerprint density at radius 1 is 1.00 bits per heavy atom. The van der Waals surface area contributed by atoms with Crippen molar-refractivity contribution < 1.29 is 4.79 Å². The zero-order valence-electron chi connectivity index (χ0n) is 15.5. The van der Waals surface area contributed by atoms with Crippen LogP contribution in [0.1, 0.15) is 35.9 Å². The van der Waals surface area contributed by atoms with E-state index < -0.39 is 0 Å². The minimum absolute atomic E-state index is 0.0962. The van der Waals surface area contributed by atoms with Gasteiger partial charge in [0.1, 0.15) is 5.82 Å². The second-order valence-corrected chi connectivity index (χ2v) is 6.59. The summed E-state index contributed by atoms with van der Waals surface area (Å²) < 4.78 is 1.78. The lowest BCUT2D eigenvalue weighted by atomic mass is 10.1. The predicted molar refractivity (Wildman–Crippen MR) is 102 cm³/mol. The molecule has 0 aliphatic rings. The fraction of sp³-hybridized carbons (Fsp3) is 0.286. The largest absolute Gasteiger partial charge is 0.337 e. The van der Waals surface area contributed by atoms with Crippen molar-refractivity contribution in [2.24, 2.45) is 0 Å². The molecular weight excluding hydrogens is 324 g/mol. The first-order valence-corrected chi connectivity index (χ1v) is 8.88. The summed E-state index contributed by atoms with van der Waals surface area (Å²) in [5, 5.41) is 4.51. The minimum atomic E-state index is -0.157. The van der Waals surface area contributed by atoms with E-state index in [1.54, 1.807) is 16.6 Å². The van der Waals surface area contributed by atoms with E-state index in [1.807, 2.05) is 62.4 Å². The molecule has 0 bridgehead atoms. The maximum absolute atomic E-state index is 12.6. The molecule has 0 atom stereocenters. The average molecular weight is 348 g/mol. The van der Waals surface area contributed by atoms with Crippen LogP contribution in [0.15, 0.2) is 60.7 Å². The third-order valence-electron chi connectivity index (χ3n) is 4.44. The number of benzene rings is 2. The molecule has 134 valence electrons. The highest BCUT2D eigenvalue weighted by Crippen LogP contribution is 2.14. The van der Waals surface area contributed by atoms with Crippen LogP contribution in [-0.2, 0) is 12.8 Å². The van der Waals surface area contributed by atoms with Crippen molar-refractivity contribution in [3.63, 3.8) is 0 Å². The van der Waals surface area contributed by atoms with Gasteiger partial charge in [-0.2, -0.15) is 0 Å². The average Bonchev–Trinajstić information content (AvgIpc) is 3.11. The number of aryl methyl sites for hydroxylation is 2. The molecule has 0 aliphatic heterocycles. The van der Waals surface area contributed by atoms with Crippen LogP contribution in [0.3, 0.4) is 0 Å². The second-order valence-electron chi connectivity index (χ2n) is 6.59. The van der Waals surface area contributed by atoms with Gasteiger partial charge in [0.15, 0.2) is 0 Å². The quantitative estimate of drug-likeness (QED) is 0.685. The van der Waals surface area contributed by atoms with Gasteiger partial charge in [-0.05, 0) is 38.0 Å². The van der Waals surface area contributed by atoms with E-state index in [9.17, 15) is 4.79 Å². The minimum Gasteiger partial charge on any atom is -0.337 e. The van der Waals surface area contributed by atoms with Crippen LogP contribution in [0.4, 0.5) is 0 Å². The molecule has 5 heteroatoms. The summed E-state index contributed by atoms with van der Waals surface area (Å²) in [6, 6.07) is 20.2. The normalized spacial score (nSPS) is 10.9. The van der Waals surface area contributed by atoms with Gasteiger partial charge in [-0.15, -0.1) is 5.10 Å². The number of carbonyl (C=O) groups excluding carboxylic acids is 1. The van der Waals surface area contributed by atoms with Crippen LogP contribution >= 0.6 is 0 Å². The summed E-state index contributed by atoms with van der Waals surface area (Å²) in [6.07, 6.45) is 1.56. The van der Waals surface area contributed by atoms with E-state index in [0.29, 0.717) is 6.42 Å². The third-order valence-corrected chi connectivity index (χ3v) is 4.44. The van der Waals surface area contributed by atoms with Crippen molar-refractivity contribution in [2.45, 2.75) is 32.7 Å². The van der Waals surface area contributed by atoms with Gasteiger partial charge in [-0.25, -0.2) is 9.67 Å². The van der Waals surface area contributed by atoms with Crippen molar-refractivity contribution in [3.8, 4) is 5.69 Å². The highest BCUT2D eigenvalue weighted by Gasteiger charge is 2.22. The molecule has 3 rings (SSSR count). The number of hydrogen-bond donors (Lipinski definition) is 0. The number of nitrogens with zero attached hydrogens (tertiary/aromatic N) is 4. The Labute approximate surface area is 154 Å². The van der Waals surface area contributed by atoms with Gasteiger partial charge >= 0.3 is 0 Å². The molecule has 0 saturated carbocycles. The van der Waals surface area contributed by atoms with Gasteiger partial charge in [-0.1, -0.05) is 48.5 Å². The Bertz CT molecular complexity index is 856. The Kier molecular flexibility index (Phi) is 5.46. The summed E-state index contributed by atoms with van der Waals surface area (Å²) >= 11 is 0. The SMILES string of the molecule is CC(C)N(C)C(=O)c1nc(CCc2ccccc2)n(-c2ccccc2)n1. The Morgan fingerprint density at radius 3 is 2.23 bits per heavy atom. The van der Waals surface area contributed by atoms with Gasteiger partial charge in [0.05, 0.1) is 5.69 Å². The van der Waals surface area contributed by atoms with Crippen LogP contribution in [0.25, 0.3) is 5.69 Å². The number of carbonyl (C=O) groups is 1. The Balaban J connectivity index is 1.92. The molecule has 5 nitrogen and oxygen atoms in total. The molecule has 0 spiro atoms. The lowest BCUT2D eigenvalue weighted by Crippen LogP contribution is -2.33.